The normalized spacial score (nSPS) is 23.7. The van der Waals surface area contributed by atoms with Crippen LogP contribution in [0.4, 0.5) is 4.39 Å². The molecule has 2 saturated heterocycles. The first-order valence-corrected chi connectivity index (χ1v) is 9.92. The SMILES string of the molecule is O=C(O)C1CN(C(=O)C2(c3ccc(F)cc3)CCOCC2)CC1c1ccccc1. The predicted molar refractivity (Wildman–Crippen MR) is 105 cm³/mol. The van der Waals surface area contributed by atoms with Gasteiger partial charge in [-0.2, -0.15) is 0 Å². The number of carboxylic acid groups (broad SMARTS) is 1. The van der Waals surface area contributed by atoms with E-state index in [4.69, 9.17) is 4.74 Å². The molecule has 2 aliphatic rings. The third-order valence-corrected chi connectivity index (χ3v) is 6.30. The van der Waals surface area contributed by atoms with Gasteiger partial charge in [-0.1, -0.05) is 42.5 Å². The fourth-order valence-electron chi connectivity index (χ4n) is 4.68. The van der Waals surface area contributed by atoms with E-state index in [1.807, 2.05) is 30.3 Å². The first kappa shape index (κ1) is 19.6. The topological polar surface area (TPSA) is 66.8 Å². The largest absolute Gasteiger partial charge is 0.481 e. The van der Waals surface area contributed by atoms with E-state index >= 15 is 0 Å². The van der Waals surface area contributed by atoms with Crippen LogP contribution in [0.1, 0.15) is 29.9 Å². The van der Waals surface area contributed by atoms with Gasteiger partial charge in [0, 0.05) is 32.2 Å². The van der Waals surface area contributed by atoms with Crippen LogP contribution in [-0.2, 0) is 19.7 Å². The van der Waals surface area contributed by atoms with Gasteiger partial charge in [0.05, 0.1) is 11.3 Å². The van der Waals surface area contributed by atoms with Crippen LogP contribution in [0.5, 0.6) is 0 Å². The van der Waals surface area contributed by atoms with Gasteiger partial charge in [-0.05, 0) is 36.1 Å². The number of hydrogen-bond acceptors (Lipinski definition) is 3. The number of ether oxygens (including phenoxy) is 1. The second-order valence-corrected chi connectivity index (χ2v) is 7.87. The number of carbonyl (C=O) groups excluding carboxylic acids is 1. The molecule has 2 unspecified atom stereocenters. The summed E-state index contributed by atoms with van der Waals surface area (Å²) in [6.45, 7) is 1.43. The Bertz CT molecular complexity index is 878. The molecule has 0 radical (unpaired) electrons. The highest BCUT2D eigenvalue weighted by atomic mass is 19.1. The summed E-state index contributed by atoms with van der Waals surface area (Å²) in [5.74, 6) is -2.22. The molecule has 2 fully saturated rings. The van der Waals surface area contributed by atoms with Crippen molar-refractivity contribution in [2.45, 2.75) is 24.2 Å². The van der Waals surface area contributed by atoms with Crippen molar-refractivity contribution in [2.24, 2.45) is 5.92 Å². The van der Waals surface area contributed by atoms with E-state index in [0.717, 1.165) is 11.1 Å². The maximum absolute atomic E-state index is 13.7. The first-order valence-electron chi connectivity index (χ1n) is 9.92. The van der Waals surface area contributed by atoms with Gasteiger partial charge in [0.15, 0.2) is 0 Å². The number of halogens is 1. The average Bonchev–Trinajstić information content (AvgIpc) is 3.21. The van der Waals surface area contributed by atoms with Crippen molar-refractivity contribution in [3.8, 4) is 0 Å². The summed E-state index contributed by atoms with van der Waals surface area (Å²) < 4.78 is 19.0. The van der Waals surface area contributed by atoms with Crippen molar-refractivity contribution in [2.75, 3.05) is 26.3 Å². The number of benzene rings is 2. The average molecular weight is 397 g/mol. The van der Waals surface area contributed by atoms with E-state index in [-0.39, 0.29) is 24.2 Å². The molecule has 2 aliphatic heterocycles. The third kappa shape index (κ3) is 3.65. The van der Waals surface area contributed by atoms with E-state index < -0.39 is 17.3 Å². The fourth-order valence-corrected chi connectivity index (χ4v) is 4.68. The summed E-state index contributed by atoms with van der Waals surface area (Å²) in [7, 11) is 0. The molecule has 2 heterocycles. The second-order valence-electron chi connectivity index (χ2n) is 7.87. The van der Waals surface area contributed by atoms with Gasteiger partial charge in [0.2, 0.25) is 5.91 Å². The minimum Gasteiger partial charge on any atom is -0.481 e. The molecule has 0 spiro atoms. The first-order chi connectivity index (χ1) is 14.0. The molecule has 29 heavy (non-hydrogen) atoms. The van der Waals surface area contributed by atoms with E-state index in [1.165, 1.54) is 12.1 Å². The Kier molecular flexibility index (Phi) is 5.37. The molecule has 0 bridgehead atoms. The summed E-state index contributed by atoms with van der Waals surface area (Å²) in [5.41, 5.74) is 0.890. The minimum absolute atomic E-state index is 0.0860. The number of nitrogens with zero attached hydrogens (tertiary/aromatic N) is 1. The van der Waals surface area contributed by atoms with Crippen LogP contribution in [-0.4, -0.2) is 48.2 Å². The second kappa shape index (κ2) is 7.95. The lowest BCUT2D eigenvalue weighted by atomic mass is 9.73. The maximum atomic E-state index is 13.7. The molecule has 0 saturated carbocycles. The predicted octanol–water partition coefficient (Wildman–Crippen LogP) is 3.20. The van der Waals surface area contributed by atoms with E-state index in [1.54, 1.807) is 17.0 Å². The minimum atomic E-state index is -0.892. The number of hydrogen-bond donors (Lipinski definition) is 1. The Morgan fingerprint density at radius 1 is 1.00 bits per heavy atom. The lowest BCUT2D eigenvalue weighted by Crippen LogP contribution is -2.49. The molecule has 2 aromatic rings. The number of carboxylic acids is 1. The zero-order chi connectivity index (χ0) is 20.4. The molecular formula is C23H24FNO4. The summed E-state index contributed by atoms with van der Waals surface area (Å²) in [4.78, 5) is 27.3. The highest BCUT2D eigenvalue weighted by Crippen LogP contribution is 2.41. The Morgan fingerprint density at radius 2 is 1.66 bits per heavy atom. The van der Waals surface area contributed by atoms with Crippen molar-refractivity contribution in [3.63, 3.8) is 0 Å². The van der Waals surface area contributed by atoms with Crippen molar-refractivity contribution in [1.82, 2.24) is 4.90 Å². The molecule has 5 nitrogen and oxygen atoms in total. The van der Waals surface area contributed by atoms with Crippen LogP contribution in [0.3, 0.4) is 0 Å². The number of likely N-dealkylation sites (tertiary alicyclic amines) is 1. The number of aliphatic carboxylic acids is 1. The summed E-state index contributed by atoms with van der Waals surface area (Å²) in [5, 5.41) is 9.77. The lowest BCUT2D eigenvalue weighted by Gasteiger charge is -2.39. The maximum Gasteiger partial charge on any atom is 0.308 e. The Labute approximate surface area is 169 Å². The van der Waals surface area contributed by atoms with Gasteiger partial charge in [-0.15, -0.1) is 0 Å². The molecule has 2 aromatic carbocycles. The molecule has 152 valence electrons. The van der Waals surface area contributed by atoms with E-state index in [0.29, 0.717) is 32.6 Å². The van der Waals surface area contributed by atoms with Crippen LogP contribution in [0.25, 0.3) is 0 Å². The monoisotopic (exact) mass is 397 g/mol. The van der Waals surface area contributed by atoms with Gasteiger partial charge in [0.25, 0.3) is 0 Å². The van der Waals surface area contributed by atoms with Gasteiger partial charge >= 0.3 is 5.97 Å². The van der Waals surface area contributed by atoms with Crippen LogP contribution in [0.2, 0.25) is 0 Å². The molecule has 0 aliphatic carbocycles. The third-order valence-electron chi connectivity index (χ3n) is 6.30. The zero-order valence-electron chi connectivity index (χ0n) is 16.1. The molecule has 0 aromatic heterocycles. The van der Waals surface area contributed by atoms with Crippen LogP contribution in [0.15, 0.2) is 54.6 Å². The molecular weight excluding hydrogens is 373 g/mol. The van der Waals surface area contributed by atoms with Crippen molar-refractivity contribution in [3.05, 3.63) is 71.5 Å². The Balaban J connectivity index is 1.66. The van der Waals surface area contributed by atoms with E-state index in [9.17, 15) is 19.1 Å². The number of carbonyl (C=O) groups is 2. The smallest absolute Gasteiger partial charge is 0.308 e. The van der Waals surface area contributed by atoms with E-state index in [2.05, 4.69) is 0 Å². The summed E-state index contributed by atoms with van der Waals surface area (Å²) in [6.07, 6.45) is 1.00. The molecule has 4 rings (SSSR count). The quantitative estimate of drug-likeness (QED) is 0.860. The van der Waals surface area contributed by atoms with Crippen LogP contribution in [0, 0.1) is 11.7 Å². The lowest BCUT2D eigenvalue weighted by molar-refractivity contribution is -0.143. The molecule has 1 amide bonds. The van der Waals surface area contributed by atoms with Crippen molar-refractivity contribution >= 4 is 11.9 Å². The standard InChI is InChI=1S/C23H24FNO4/c24-18-8-6-17(7-9-18)23(10-12-29-13-11-23)22(28)25-14-19(20(15-25)21(26)27)16-4-2-1-3-5-16/h1-9,19-20H,10-15H2,(H,26,27). The zero-order valence-corrected chi connectivity index (χ0v) is 16.1. The molecule has 1 N–H and O–H groups in total. The van der Waals surface area contributed by atoms with Crippen molar-refractivity contribution < 1.29 is 23.8 Å². The number of rotatable bonds is 4. The fraction of sp³-hybridized carbons (Fsp3) is 0.391. The van der Waals surface area contributed by atoms with Crippen molar-refractivity contribution in [1.29, 1.82) is 0 Å². The molecule has 6 heteroatoms. The summed E-state index contributed by atoms with van der Waals surface area (Å²) in [6, 6.07) is 15.6. The highest BCUT2D eigenvalue weighted by Gasteiger charge is 2.48. The van der Waals surface area contributed by atoms with Crippen LogP contribution < -0.4 is 0 Å². The highest BCUT2D eigenvalue weighted by molar-refractivity contribution is 5.89. The van der Waals surface area contributed by atoms with Gasteiger partial charge in [0.1, 0.15) is 5.82 Å². The molecule has 2 atom stereocenters. The van der Waals surface area contributed by atoms with Gasteiger partial charge in [-0.3, -0.25) is 9.59 Å². The van der Waals surface area contributed by atoms with Gasteiger partial charge in [-0.25, -0.2) is 4.39 Å². The Morgan fingerprint density at radius 3 is 2.28 bits per heavy atom. The number of amides is 1. The summed E-state index contributed by atoms with van der Waals surface area (Å²) >= 11 is 0. The Hall–Kier alpha value is -2.73. The van der Waals surface area contributed by atoms with Gasteiger partial charge < -0.3 is 14.7 Å². The van der Waals surface area contributed by atoms with Crippen LogP contribution >= 0.6 is 0 Å².